The van der Waals surface area contributed by atoms with Crippen molar-refractivity contribution in [3.05, 3.63) is 23.4 Å². The second-order valence-electron chi connectivity index (χ2n) is 3.21. The highest BCUT2D eigenvalue weighted by atomic mass is 35.5. The van der Waals surface area contributed by atoms with E-state index in [4.69, 9.17) is 16.3 Å². The van der Waals surface area contributed by atoms with Gasteiger partial charge in [-0.25, -0.2) is 4.98 Å². The van der Waals surface area contributed by atoms with E-state index >= 15 is 0 Å². The highest BCUT2D eigenvalue weighted by Gasteiger charge is 2.12. The molecule has 5 heteroatoms. The first-order valence-electron chi connectivity index (χ1n) is 4.55. The lowest BCUT2D eigenvalue weighted by Crippen LogP contribution is -2.24. The van der Waals surface area contributed by atoms with Gasteiger partial charge in [-0.1, -0.05) is 18.5 Å². The molecule has 1 N–H and O–H groups in total. The number of methoxy groups -OCH3 is 1. The normalized spacial score (nSPS) is 12.2. The Morgan fingerprint density at radius 3 is 2.93 bits per heavy atom. The SMILES string of the molecule is COCC(C)C(=O)Nc1ccc(Cl)cn1. The predicted octanol–water partition coefficient (Wildman–Crippen LogP) is 1.96. The van der Waals surface area contributed by atoms with Crippen LogP contribution in [-0.2, 0) is 9.53 Å². The number of anilines is 1. The molecule has 1 heterocycles. The topological polar surface area (TPSA) is 51.2 Å². The fourth-order valence-corrected chi connectivity index (χ4v) is 1.14. The van der Waals surface area contributed by atoms with E-state index in [1.165, 1.54) is 6.20 Å². The fourth-order valence-electron chi connectivity index (χ4n) is 1.02. The lowest BCUT2D eigenvalue weighted by Gasteiger charge is -2.10. The number of halogens is 1. The van der Waals surface area contributed by atoms with E-state index in [9.17, 15) is 4.79 Å². The van der Waals surface area contributed by atoms with Gasteiger partial charge in [0.25, 0.3) is 0 Å². The molecule has 82 valence electrons. The molecule has 15 heavy (non-hydrogen) atoms. The standard InChI is InChI=1S/C10H13ClN2O2/c1-7(6-15-2)10(14)13-9-4-3-8(11)5-12-9/h3-5,7H,6H2,1-2H3,(H,12,13,14). The Morgan fingerprint density at radius 1 is 1.67 bits per heavy atom. The molecule has 0 saturated carbocycles. The minimum Gasteiger partial charge on any atom is -0.384 e. The molecule has 0 aromatic carbocycles. The van der Waals surface area contributed by atoms with E-state index in [-0.39, 0.29) is 11.8 Å². The van der Waals surface area contributed by atoms with E-state index in [0.29, 0.717) is 17.4 Å². The zero-order valence-corrected chi connectivity index (χ0v) is 9.41. The van der Waals surface area contributed by atoms with Gasteiger partial charge in [-0.3, -0.25) is 4.79 Å². The van der Waals surface area contributed by atoms with E-state index < -0.39 is 0 Å². The van der Waals surface area contributed by atoms with Gasteiger partial charge in [-0.15, -0.1) is 0 Å². The number of aromatic nitrogens is 1. The third kappa shape index (κ3) is 3.85. The molecule has 0 aliphatic heterocycles. The molecule has 0 aliphatic carbocycles. The molecule has 1 aromatic rings. The van der Waals surface area contributed by atoms with Crippen LogP contribution in [0.3, 0.4) is 0 Å². The van der Waals surface area contributed by atoms with Gasteiger partial charge in [-0.2, -0.15) is 0 Å². The summed E-state index contributed by atoms with van der Waals surface area (Å²) in [5, 5.41) is 3.20. The quantitative estimate of drug-likeness (QED) is 0.857. The van der Waals surface area contributed by atoms with E-state index in [2.05, 4.69) is 10.3 Å². The third-order valence-electron chi connectivity index (χ3n) is 1.84. The molecule has 0 fully saturated rings. The molecule has 0 aliphatic rings. The van der Waals surface area contributed by atoms with Gasteiger partial charge >= 0.3 is 0 Å². The molecule has 0 saturated heterocycles. The van der Waals surface area contributed by atoms with Crippen LogP contribution in [0.5, 0.6) is 0 Å². The summed E-state index contributed by atoms with van der Waals surface area (Å²) >= 11 is 5.67. The number of carbonyl (C=O) groups excluding carboxylic acids is 1. The minimum atomic E-state index is -0.201. The number of carbonyl (C=O) groups is 1. The number of hydrogen-bond donors (Lipinski definition) is 1. The van der Waals surface area contributed by atoms with Crippen LogP contribution in [0.4, 0.5) is 5.82 Å². The molecule has 1 rings (SSSR count). The van der Waals surface area contributed by atoms with Gasteiger partial charge in [0.05, 0.1) is 17.5 Å². The van der Waals surface area contributed by atoms with Crippen LogP contribution in [-0.4, -0.2) is 24.6 Å². The summed E-state index contributed by atoms with van der Waals surface area (Å²) < 4.78 is 4.88. The van der Waals surface area contributed by atoms with Crippen LogP contribution >= 0.6 is 11.6 Å². The summed E-state index contributed by atoms with van der Waals surface area (Å²) in [6, 6.07) is 3.32. The number of nitrogens with one attached hydrogen (secondary N) is 1. The average molecular weight is 229 g/mol. The Kier molecular flexibility index (Phi) is 4.52. The smallest absolute Gasteiger partial charge is 0.230 e. The summed E-state index contributed by atoms with van der Waals surface area (Å²) in [5.41, 5.74) is 0. The molecule has 1 amide bonds. The van der Waals surface area contributed by atoms with Crippen molar-refractivity contribution in [2.24, 2.45) is 5.92 Å². The van der Waals surface area contributed by atoms with Gasteiger partial charge < -0.3 is 10.1 Å². The lowest BCUT2D eigenvalue weighted by atomic mass is 10.2. The summed E-state index contributed by atoms with van der Waals surface area (Å²) in [6.07, 6.45) is 1.48. The van der Waals surface area contributed by atoms with Crippen LogP contribution in [0.2, 0.25) is 5.02 Å². The minimum absolute atomic E-state index is 0.119. The molecule has 4 nitrogen and oxygen atoms in total. The number of nitrogens with zero attached hydrogens (tertiary/aromatic N) is 1. The molecule has 1 aromatic heterocycles. The van der Waals surface area contributed by atoms with Crippen LogP contribution in [0.25, 0.3) is 0 Å². The Morgan fingerprint density at radius 2 is 2.40 bits per heavy atom. The van der Waals surface area contributed by atoms with Crippen molar-refractivity contribution in [1.82, 2.24) is 4.98 Å². The summed E-state index contributed by atoms with van der Waals surface area (Å²) in [5.74, 6) is 0.173. The molecule has 0 radical (unpaired) electrons. The first-order valence-corrected chi connectivity index (χ1v) is 4.92. The first kappa shape index (κ1) is 11.9. The van der Waals surface area contributed by atoms with Crippen LogP contribution in [0.1, 0.15) is 6.92 Å². The van der Waals surface area contributed by atoms with Crippen molar-refractivity contribution in [2.75, 3.05) is 19.0 Å². The van der Waals surface area contributed by atoms with Crippen molar-refractivity contribution >= 4 is 23.3 Å². The zero-order chi connectivity index (χ0) is 11.3. The second kappa shape index (κ2) is 5.68. The molecule has 1 atom stereocenters. The van der Waals surface area contributed by atoms with E-state index in [1.54, 1.807) is 26.2 Å². The molecule has 0 spiro atoms. The largest absolute Gasteiger partial charge is 0.384 e. The fraction of sp³-hybridized carbons (Fsp3) is 0.400. The Labute approximate surface area is 93.6 Å². The van der Waals surface area contributed by atoms with Gasteiger partial charge in [0.1, 0.15) is 5.82 Å². The second-order valence-corrected chi connectivity index (χ2v) is 3.64. The Bertz CT molecular complexity index is 327. The van der Waals surface area contributed by atoms with Crippen LogP contribution in [0, 0.1) is 5.92 Å². The summed E-state index contributed by atoms with van der Waals surface area (Å²) in [4.78, 5) is 15.5. The van der Waals surface area contributed by atoms with Crippen molar-refractivity contribution in [3.8, 4) is 0 Å². The molecule has 0 bridgehead atoms. The number of pyridine rings is 1. The average Bonchev–Trinajstić information content (AvgIpc) is 2.22. The lowest BCUT2D eigenvalue weighted by molar-refractivity contribution is -0.120. The number of hydrogen-bond acceptors (Lipinski definition) is 3. The Balaban J connectivity index is 2.54. The molecular formula is C10H13ClN2O2. The highest BCUT2D eigenvalue weighted by Crippen LogP contribution is 2.10. The van der Waals surface area contributed by atoms with Crippen molar-refractivity contribution < 1.29 is 9.53 Å². The van der Waals surface area contributed by atoms with E-state index in [0.717, 1.165) is 0 Å². The van der Waals surface area contributed by atoms with Crippen molar-refractivity contribution in [2.45, 2.75) is 6.92 Å². The zero-order valence-electron chi connectivity index (χ0n) is 8.66. The third-order valence-corrected chi connectivity index (χ3v) is 2.07. The maximum Gasteiger partial charge on any atom is 0.230 e. The van der Waals surface area contributed by atoms with Crippen LogP contribution < -0.4 is 5.32 Å². The summed E-state index contributed by atoms with van der Waals surface area (Å²) in [7, 11) is 1.56. The van der Waals surface area contributed by atoms with Gasteiger partial charge in [0, 0.05) is 13.3 Å². The maximum atomic E-state index is 11.5. The maximum absolute atomic E-state index is 11.5. The summed E-state index contributed by atoms with van der Waals surface area (Å²) in [6.45, 7) is 2.17. The number of ether oxygens (including phenoxy) is 1. The number of amides is 1. The molecule has 1 unspecified atom stereocenters. The van der Waals surface area contributed by atoms with Gasteiger partial charge in [0.2, 0.25) is 5.91 Å². The van der Waals surface area contributed by atoms with Crippen molar-refractivity contribution in [1.29, 1.82) is 0 Å². The Hall–Kier alpha value is -1.13. The van der Waals surface area contributed by atoms with Gasteiger partial charge in [-0.05, 0) is 12.1 Å². The highest BCUT2D eigenvalue weighted by molar-refractivity contribution is 6.30. The van der Waals surface area contributed by atoms with Gasteiger partial charge in [0.15, 0.2) is 0 Å². The van der Waals surface area contributed by atoms with E-state index in [1.807, 2.05) is 0 Å². The number of rotatable bonds is 4. The van der Waals surface area contributed by atoms with Crippen LogP contribution in [0.15, 0.2) is 18.3 Å². The monoisotopic (exact) mass is 228 g/mol. The first-order chi connectivity index (χ1) is 7.13. The predicted molar refractivity (Wildman–Crippen MR) is 58.9 cm³/mol. The van der Waals surface area contributed by atoms with Crippen molar-refractivity contribution in [3.63, 3.8) is 0 Å². The molecular weight excluding hydrogens is 216 g/mol.